The molecule has 0 saturated heterocycles. The smallest absolute Gasteiger partial charge is 0.319 e. The van der Waals surface area contributed by atoms with Crippen molar-refractivity contribution in [3.05, 3.63) is 49.4 Å². The second kappa shape index (κ2) is 8.07. The zero-order chi connectivity index (χ0) is 17.7. The van der Waals surface area contributed by atoms with Gasteiger partial charge >= 0.3 is 6.03 Å². The zero-order valence-corrected chi connectivity index (χ0v) is 14.8. The summed E-state index contributed by atoms with van der Waals surface area (Å²) in [7, 11) is 0. The molecule has 0 aliphatic rings. The Labute approximate surface area is 148 Å². The van der Waals surface area contributed by atoms with Crippen LogP contribution in [0.3, 0.4) is 0 Å². The lowest BCUT2D eigenvalue weighted by Crippen LogP contribution is -2.30. The molecule has 2 N–H and O–H groups in total. The van der Waals surface area contributed by atoms with E-state index in [1.54, 1.807) is 11.3 Å². The van der Waals surface area contributed by atoms with E-state index in [0.29, 0.717) is 24.6 Å². The van der Waals surface area contributed by atoms with Crippen LogP contribution < -0.4 is 10.6 Å². The van der Waals surface area contributed by atoms with Crippen molar-refractivity contribution in [2.75, 3.05) is 11.9 Å². The van der Waals surface area contributed by atoms with Crippen molar-refractivity contribution in [3.8, 4) is 0 Å². The quantitative estimate of drug-likeness (QED) is 0.590. The molecule has 0 radical (unpaired) electrons. The monoisotopic (exact) mass is 368 g/mol. The van der Waals surface area contributed by atoms with Crippen LogP contribution in [0.15, 0.2) is 23.6 Å². The van der Waals surface area contributed by atoms with Crippen LogP contribution in [0.4, 0.5) is 16.2 Å². The number of thiazole rings is 1. The Morgan fingerprint density at radius 3 is 2.83 bits per heavy atom. The van der Waals surface area contributed by atoms with E-state index in [4.69, 9.17) is 11.6 Å². The van der Waals surface area contributed by atoms with Gasteiger partial charge in [0.2, 0.25) is 0 Å². The Kier molecular flexibility index (Phi) is 6.10. The fourth-order valence-electron chi connectivity index (χ4n) is 1.91. The fraction of sp³-hybridized carbons (Fsp3) is 0.333. The van der Waals surface area contributed by atoms with E-state index >= 15 is 0 Å². The SMILES string of the molecule is CC(C)c1nc(CCNC(=O)Nc2ccc(Cl)c([N+](=O)[O-])c2)cs1. The van der Waals surface area contributed by atoms with Gasteiger partial charge in [-0.05, 0) is 12.1 Å². The molecular formula is C15H17ClN4O3S. The Balaban J connectivity index is 1.85. The fourth-order valence-corrected chi connectivity index (χ4v) is 2.97. The van der Waals surface area contributed by atoms with E-state index in [1.165, 1.54) is 18.2 Å². The van der Waals surface area contributed by atoms with Crippen molar-refractivity contribution in [3.63, 3.8) is 0 Å². The number of nitrogens with zero attached hydrogens (tertiary/aromatic N) is 2. The number of halogens is 1. The summed E-state index contributed by atoms with van der Waals surface area (Å²) in [4.78, 5) is 26.6. The molecule has 0 atom stereocenters. The van der Waals surface area contributed by atoms with Crippen LogP contribution in [0, 0.1) is 10.1 Å². The van der Waals surface area contributed by atoms with Gasteiger partial charge in [-0.3, -0.25) is 10.1 Å². The third-order valence-corrected chi connectivity index (χ3v) is 4.64. The number of nitro benzene ring substituents is 1. The van der Waals surface area contributed by atoms with Crippen LogP contribution in [0.2, 0.25) is 5.02 Å². The molecule has 2 aromatic rings. The standard InChI is InChI=1S/C15H17ClN4O3S/c1-9(2)14-18-11(8-24-14)5-6-17-15(21)19-10-3-4-12(16)13(7-10)20(22)23/h3-4,7-9H,5-6H2,1-2H3,(H2,17,19,21). The number of nitro groups is 1. The number of nitrogens with one attached hydrogen (secondary N) is 2. The molecule has 0 aliphatic carbocycles. The number of hydrogen-bond donors (Lipinski definition) is 2. The Morgan fingerprint density at radius 2 is 2.21 bits per heavy atom. The average Bonchev–Trinajstić information content (AvgIpc) is 2.98. The second-order valence-corrected chi connectivity index (χ2v) is 6.68. The Bertz CT molecular complexity index is 748. The first-order valence-corrected chi connectivity index (χ1v) is 8.55. The van der Waals surface area contributed by atoms with Gasteiger partial charge in [0.15, 0.2) is 0 Å². The third-order valence-electron chi connectivity index (χ3n) is 3.13. The van der Waals surface area contributed by atoms with Crippen LogP contribution in [0.1, 0.15) is 30.5 Å². The highest BCUT2D eigenvalue weighted by Crippen LogP contribution is 2.27. The number of benzene rings is 1. The molecule has 2 amide bonds. The Hall–Kier alpha value is -2.19. The molecule has 24 heavy (non-hydrogen) atoms. The van der Waals surface area contributed by atoms with E-state index in [1.807, 2.05) is 5.38 Å². The molecule has 0 unspecified atom stereocenters. The lowest BCUT2D eigenvalue weighted by Gasteiger charge is -2.07. The van der Waals surface area contributed by atoms with E-state index in [-0.39, 0.29) is 10.7 Å². The summed E-state index contributed by atoms with van der Waals surface area (Å²) in [5, 5.41) is 19.1. The molecule has 0 aliphatic heterocycles. The van der Waals surface area contributed by atoms with Crippen LogP contribution >= 0.6 is 22.9 Å². The highest BCUT2D eigenvalue weighted by Gasteiger charge is 2.14. The maximum absolute atomic E-state index is 11.8. The first-order chi connectivity index (χ1) is 11.4. The van der Waals surface area contributed by atoms with E-state index in [2.05, 4.69) is 29.5 Å². The number of aromatic nitrogens is 1. The molecule has 0 saturated carbocycles. The predicted molar refractivity (Wildman–Crippen MR) is 95.0 cm³/mol. The average molecular weight is 369 g/mol. The third kappa shape index (κ3) is 4.90. The van der Waals surface area contributed by atoms with Crippen molar-refractivity contribution in [1.29, 1.82) is 0 Å². The minimum atomic E-state index is -0.597. The van der Waals surface area contributed by atoms with Crippen LogP contribution in [-0.2, 0) is 6.42 Å². The van der Waals surface area contributed by atoms with E-state index in [9.17, 15) is 14.9 Å². The molecule has 1 heterocycles. The maximum Gasteiger partial charge on any atom is 0.319 e. The number of rotatable bonds is 6. The van der Waals surface area contributed by atoms with Gasteiger partial charge in [0.1, 0.15) is 5.02 Å². The minimum absolute atomic E-state index is 0.0236. The van der Waals surface area contributed by atoms with Crippen molar-refractivity contribution in [2.45, 2.75) is 26.2 Å². The molecular weight excluding hydrogens is 352 g/mol. The number of anilines is 1. The van der Waals surface area contributed by atoms with Gasteiger partial charge in [0, 0.05) is 36.0 Å². The topological polar surface area (TPSA) is 97.2 Å². The highest BCUT2D eigenvalue weighted by molar-refractivity contribution is 7.09. The summed E-state index contributed by atoms with van der Waals surface area (Å²) in [6.45, 7) is 4.59. The lowest BCUT2D eigenvalue weighted by molar-refractivity contribution is -0.384. The van der Waals surface area contributed by atoms with Crippen LogP contribution in [0.25, 0.3) is 0 Å². The predicted octanol–water partition coefficient (Wildman–Crippen LogP) is 4.19. The molecule has 9 heteroatoms. The molecule has 1 aromatic heterocycles. The Morgan fingerprint density at radius 1 is 1.46 bits per heavy atom. The molecule has 128 valence electrons. The maximum atomic E-state index is 11.8. The number of hydrogen-bond acceptors (Lipinski definition) is 5. The normalized spacial score (nSPS) is 10.7. The summed E-state index contributed by atoms with van der Waals surface area (Å²) in [6.07, 6.45) is 0.622. The molecule has 2 rings (SSSR count). The van der Waals surface area contributed by atoms with E-state index in [0.717, 1.165) is 10.7 Å². The van der Waals surface area contributed by atoms with E-state index < -0.39 is 11.0 Å². The summed E-state index contributed by atoms with van der Waals surface area (Å²) in [5.41, 5.74) is 0.989. The largest absolute Gasteiger partial charge is 0.337 e. The highest BCUT2D eigenvalue weighted by atomic mass is 35.5. The zero-order valence-electron chi connectivity index (χ0n) is 13.2. The molecule has 0 fully saturated rings. The van der Waals surface area contributed by atoms with Gasteiger partial charge < -0.3 is 10.6 Å². The van der Waals surface area contributed by atoms with Gasteiger partial charge in [-0.15, -0.1) is 11.3 Å². The van der Waals surface area contributed by atoms with Gasteiger partial charge in [-0.1, -0.05) is 25.4 Å². The van der Waals surface area contributed by atoms with Crippen LogP contribution in [0.5, 0.6) is 0 Å². The number of urea groups is 1. The lowest BCUT2D eigenvalue weighted by atomic mass is 10.2. The number of carbonyl (C=O) groups excluding carboxylic acids is 1. The summed E-state index contributed by atoms with van der Waals surface area (Å²) in [6, 6.07) is 3.66. The van der Waals surface area contributed by atoms with Crippen LogP contribution in [-0.4, -0.2) is 22.5 Å². The summed E-state index contributed by atoms with van der Waals surface area (Å²) in [5.74, 6) is 0.390. The first kappa shape index (κ1) is 18.2. The van der Waals surface area contributed by atoms with Crippen molar-refractivity contribution in [2.24, 2.45) is 0 Å². The van der Waals surface area contributed by atoms with Gasteiger partial charge in [-0.25, -0.2) is 9.78 Å². The van der Waals surface area contributed by atoms with Gasteiger partial charge in [-0.2, -0.15) is 0 Å². The molecule has 1 aromatic carbocycles. The first-order valence-electron chi connectivity index (χ1n) is 7.30. The van der Waals surface area contributed by atoms with Gasteiger partial charge in [0.05, 0.1) is 15.6 Å². The second-order valence-electron chi connectivity index (χ2n) is 5.39. The summed E-state index contributed by atoms with van der Waals surface area (Å²) >= 11 is 7.34. The number of carbonyl (C=O) groups is 1. The molecule has 0 bridgehead atoms. The summed E-state index contributed by atoms with van der Waals surface area (Å²) < 4.78 is 0. The minimum Gasteiger partial charge on any atom is -0.337 e. The van der Waals surface area contributed by atoms with Crippen molar-refractivity contribution < 1.29 is 9.72 Å². The molecule has 7 nitrogen and oxygen atoms in total. The molecule has 0 spiro atoms. The van der Waals surface area contributed by atoms with Crippen molar-refractivity contribution >= 4 is 40.3 Å². The van der Waals surface area contributed by atoms with Crippen molar-refractivity contribution in [1.82, 2.24) is 10.3 Å². The van der Waals surface area contributed by atoms with Gasteiger partial charge in [0.25, 0.3) is 5.69 Å². The number of amides is 2.